The molecule has 0 saturated carbocycles. The van der Waals surface area contributed by atoms with E-state index in [2.05, 4.69) is 10.6 Å². The molecule has 15 heavy (non-hydrogen) atoms. The van der Waals surface area contributed by atoms with Crippen LogP contribution in [0.2, 0.25) is 0 Å². The van der Waals surface area contributed by atoms with Gasteiger partial charge in [0.25, 0.3) is 0 Å². The average molecular weight is 216 g/mol. The Bertz CT molecular complexity index is 229. The zero-order chi connectivity index (χ0) is 12.0. The van der Waals surface area contributed by atoms with Crippen LogP contribution in [0.3, 0.4) is 0 Å². The van der Waals surface area contributed by atoms with Crippen molar-refractivity contribution in [1.82, 2.24) is 10.6 Å². The average Bonchev–Trinajstić information content (AvgIpc) is 2.11. The highest BCUT2D eigenvalue weighted by Gasteiger charge is 2.25. The van der Waals surface area contributed by atoms with Crippen molar-refractivity contribution in [2.75, 3.05) is 0 Å². The molecule has 0 aliphatic rings. The van der Waals surface area contributed by atoms with Gasteiger partial charge in [0.05, 0.1) is 0 Å². The van der Waals surface area contributed by atoms with Crippen LogP contribution in [0, 0.1) is 5.92 Å². The van der Waals surface area contributed by atoms with E-state index in [0.29, 0.717) is 6.42 Å². The lowest BCUT2D eigenvalue weighted by Crippen LogP contribution is -2.50. The summed E-state index contributed by atoms with van der Waals surface area (Å²) in [5, 5.41) is 14.0. The topological polar surface area (TPSA) is 78.4 Å². The Balaban J connectivity index is 4.29. The predicted octanol–water partition coefficient (Wildman–Crippen LogP) is 1.19. The third-order valence-electron chi connectivity index (χ3n) is 2.19. The second-order valence-electron chi connectivity index (χ2n) is 3.97. The molecule has 0 radical (unpaired) electrons. The van der Waals surface area contributed by atoms with Gasteiger partial charge < -0.3 is 15.7 Å². The molecule has 0 heterocycles. The fourth-order valence-corrected chi connectivity index (χ4v) is 1.13. The SMILES string of the molecule is CCC(C)[C@H](NC(=O)NC(C)C)C(=O)O. The molecule has 3 N–H and O–H groups in total. The number of nitrogens with one attached hydrogen (secondary N) is 2. The maximum Gasteiger partial charge on any atom is 0.326 e. The van der Waals surface area contributed by atoms with Gasteiger partial charge in [-0.1, -0.05) is 20.3 Å². The first-order chi connectivity index (χ1) is 6.88. The molecule has 0 fully saturated rings. The maximum absolute atomic E-state index is 11.3. The van der Waals surface area contributed by atoms with E-state index < -0.39 is 18.0 Å². The molecule has 88 valence electrons. The van der Waals surface area contributed by atoms with Gasteiger partial charge in [0.15, 0.2) is 0 Å². The second-order valence-corrected chi connectivity index (χ2v) is 3.97. The number of rotatable bonds is 5. The van der Waals surface area contributed by atoms with E-state index in [1.807, 2.05) is 20.8 Å². The van der Waals surface area contributed by atoms with Crippen molar-refractivity contribution in [3.63, 3.8) is 0 Å². The molecule has 2 atom stereocenters. The van der Waals surface area contributed by atoms with E-state index in [4.69, 9.17) is 5.11 Å². The first kappa shape index (κ1) is 13.7. The van der Waals surface area contributed by atoms with E-state index in [0.717, 1.165) is 0 Å². The van der Waals surface area contributed by atoms with Crippen LogP contribution >= 0.6 is 0 Å². The summed E-state index contributed by atoms with van der Waals surface area (Å²) in [7, 11) is 0. The molecule has 5 nitrogen and oxygen atoms in total. The lowest BCUT2D eigenvalue weighted by atomic mass is 9.99. The van der Waals surface area contributed by atoms with Crippen molar-refractivity contribution >= 4 is 12.0 Å². The zero-order valence-corrected chi connectivity index (χ0v) is 9.70. The summed E-state index contributed by atoms with van der Waals surface area (Å²) in [6.07, 6.45) is 0.707. The zero-order valence-electron chi connectivity index (χ0n) is 9.70. The minimum atomic E-state index is -0.997. The summed E-state index contributed by atoms with van der Waals surface area (Å²) in [5.74, 6) is -1.08. The van der Waals surface area contributed by atoms with Crippen LogP contribution in [-0.4, -0.2) is 29.2 Å². The second kappa shape index (κ2) is 6.27. The Morgan fingerprint density at radius 1 is 1.20 bits per heavy atom. The number of hydrogen-bond donors (Lipinski definition) is 3. The highest BCUT2D eigenvalue weighted by Crippen LogP contribution is 2.07. The van der Waals surface area contributed by atoms with Crippen molar-refractivity contribution < 1.29 is 14.7 Å². The molecular weight excluding hydrogens is 196 g/mol. The van der Waals surface area contributed by atoms with Crippen LogP contribution in [-0.2, 0) is 4.79 Å². The normalized spacial score (nSPS) is 14.5. The number of urea groups is 1. The summed E-state index contributed by atoms with van der Waals surface area (Å²) in [6, 6.07) is -1.26. The van der Waals surface area contributed by atoms with Crippen molar-refractivity contribution in [3.05, 3.63) is 0 Å². The number of carboxylic acid groups (broad SMARTS) is 1. The van der Waals surface area contributed by atoms with Gasteiger partial charge in [-0.15, -0.1) is 0 Å². The van der Waals surface area contributed by atoms with Crippen molar-refractivity contribution in [2.24, 2.45) is 5.92 Å². The smallest absolute Gasteiger partial charge is 0.326 e. The number of aliphatic carboxylic acids is 1. The first-order valence-corrected chi connectivity index (χ1v) is 5.18. The molecule has 0 aromatic rings. The fourth-order valence-electron chi connectivity index (χ4n) is 1.13. The molecule has 1 unspecified atom stereocenters. The highest BCUT2D eigenvalue weighted by molar-refractivity contribution is 5.82. The molecule has 0 spiro atoms. The summed E-state index contributed by atoms with van der Waals surface area (Å²) in [5.41, 5.74) is 0. The predicted molar refractivity (Wildman–Crippen MR) is 57.7 cm³/mol. The van der Waals surface area contributed by atoms with Crippen LogP contribution in [0.1, 0.15) is 34.1 Å². The van der Waals surface area contributed by atoms with Crippen LogP contribution in [0.5, 0.6) is 0 Å². The van der Waals surface area contributed by atoms with Gasteiger partial charge in [-0.05, 0) is 19.8 Å². The molecule has 2 amide bonds. The van der Waals surface area contributed by atoms with Crippen LogP contribution in [0.25, 0.3) is 0 Å². The maximum atomic E-state index is 11.3. The van der Waals surface area contributed by atoms with E-state index in [1.54, 1.807) is 6.92 Å². The van der Waals surface area contributed by atoms with Crippen LogP contribution in [0.15, 0.2) is 0 Å². The van der Waals surface area contributed by atoms with Gasteiger partial charge in [0, 0.05) is 6.04 Å². The van der Waals surface area contributed by atoms with E-state index in [-0.39, 0.29) is 12.0 Å². The summed E-state index contributed by atoms with van der Waals surface area (Å²) in [6.45, 7) is 7.33. The molecule has 0 aliphatic carbocycles. The third-order valence-corrected chi connectivity index (χ3v) is 2.19. The number of amides is 2. The van der Waals surface area contributed by atoms with Crippen molar-refractivity contribution in [1.29, 1.82) is 0 Å². The Hall–Kier alpha value is -1.26. The molecule has 0 bridgehead atoms. The highest BCUT2D eigenvalue weighted by atomic mass is 16.4. The Labute approximate surface area is 90.2 Å². The molecular formula is C10H20N2O3. The summed E-state index contributed by atoms with van der Waals surface area (Å²) < 4.78 is 0. The fraction of sp³-hybridized carbons (Fsp3) is 0.800. The van der Waals surface area contributed by atoms with E-state index >= 15 is 0 Å². The summed E-state index contributed by atoms with van der Waals surface area (Å²) in [4.78, 5) is 22.2. The molecule has 0 aliphatic heterocycles. The first-order valence-electron chi connectivity index (χ1n) is 5.18. The number of carbonyl (C=O) groups is 2. The molecule has 0 aromatic carbocycles. The minimum absolute atomic E-state index is 0.00335. The number of carbonyl (C=O) groups excluding carboxylic acids is 1. The van der Waals surface area contributed by atoms with Gasteiger partial charge in [-0.3, -0.25) is 0 Å². The Morgan fingerprint density at radius 2 is 1.73 bits per heavy atom. The van der Waals surface area contributed by atoms with E-state index in [9.17, 15) is 9.59 Å². The number of hydrogen-bond acceptors (Lipinski definition) is 2. The lowest BCUT2D eigenvalue weighted by molar-refractivity contribution is -0.140. The van der Waals surface area contributed by atoms with E-state index in [1.165, 1.54) is 0 Å². The van der Waals surface area contributed by atoms with Gasteiger partial charge in [0.1, 0.15) is 6.04 Å². The van der Waals surface area contributed by atoms with Crippen molar-refractivity contribution in [2.45, 2.75) is 46.2 Å². The van der Waals surface area contributed by atoms with Crippen LogP contribution < -0.4 is 10.6 Å². The molecule has 0 saturated heterocycles. The molecule has 0 aromatic heterocycles. The largest absolute Gasteiger partial charge is 0.480 e. The molecule has 5 heteroatoms. The van der Waals surface area contributed by atoms with Crippen LogP contribution in [0.4, 0.5) is 4.79 Å². The van der Waals surface area contributed by atoms with Gasteiger partial charge in [-0.2, -0.15) is 0 Å². The monoisotopic (exact) mass is 216 g/mol. The van der Waals surface area contributed by atoms with Gasteiger partial charge >= 0.3 is 12.0 Å². The van der Waals surface area contributed by atoms with Gasteiger partial charge in [-0.25, -0.2) is 9.59 Å². The lowest BCUT2D eigenvalue weighted by Gasteiger charge is -2.21. The quantitative estimate of drug-likeness (QED) is 0.646. The standard InChI is InChI=1S/C10H20N2O3/c1-5-7(4)8(9(13)14)12-10(15)11-6(2)3/h6-8H,5H2,1-4H3,(H,13,14)(H2,11,12,15)/t7?,8-/m0/s1. The Morgan fingerprint density at radius 3 is 2.07 bits per heavy atom. The number of carboxylic acids is 1. The Kier molecular flexibility index (Phi) is 5.74. The van der Waals surface area contributed by atoms with Crippen molar-refractivity contribution in [3.8, 4) is 0 Å². The summed E-state index contributed by atoms with van der Waals surface area (Å²) >= 11 is 0. The third kappa shape index (κ3) is 5.24. The van der Waals surface area contributed by atoms with Gasteiger partial charge in [0.2, 0.25) is 0 Å². The minimum Gasteiger partial charge on any atom is -0.480 e. The molecule has 0 rings (SSSR count).